The average Bonchev–Trinajstić information content (AvgIpc) is 2.41. The molecule has 0 unspecified atom stereocenters. The summed E-state index contributed by atoms with van der Waals surface area (Å²) in [4.78, 5) is 2.01. The van der Waals surface area contributed by atoms with Crippen molar-refractivity contribution in [3.63, 3.8) is 0 Å². The number of hydrogen-bond donors (Lipinski definition) is 1. The Morgan fingerprint density at radius 3 is 2.45 bits per heavy atom. The lowest BCUT2D eigenvalue weighted by atomic mass is 10.1. The molecule has 5 heteroatoms. The van der Waals surface area contributed by atoms with Gasteiger partial charge in [0.2, 0.25) is 0 Å². The Balaban J connectivity index is 2.29. The minimum atomic E-state index is 0.619. The normalized spacial score (nSPS) is 10.4. The highest BCUT2D eigenvalue weighted by Gasteiger charge is 2.10. The predicted octanol–water partition coefficient (Wildman–Crippen LogP) is 4.22. The second-order valence-corrected chi connectivity index (χ2v) is 5.39. The molecule has 0 radical (unpaired) electrons. The number of rotatable bonds is 4. The number of methoxy groups -OCH3 is 1. The summed E-state index contributed by atoms with van der Waals surface area (Å²) in [5, 5.41) is 1.33. The number of nitrogens with zero attached hydrogens (tertiary/aromatic N) is 1. The van der Waals surface area contributed by atoms with Gasteiger partial charge in [0.25, 0.3) is 0 Å². The van der Waals surface area contributed by atoms with Crippen molar-refractivity contribution in [3.05, 3.63) is 52.0 Å². The van der Waals surface area contributed by atoms with Gasteiger partial charge >= 0.3 is 0 Å². The Kier molecular flexibility index (Phi) is 4.63. The molecule has 0 bridgehead atoms. The second kappa shape index (κ2) is 6.25. The van der Waals surface area contributed by atoms with Crippen molar-refractivity contribution >= 4 is 34.6 Å². The van der Waals surface area contributed by atoms with Gasteiger partial charge < -0.3 is 15.4 Å². The van der Waals surface area contributed by atoms with E-state index in [0.29, 0.717) is 22.3 Å². The van der Waals surface area contributed by atoms with E-state index >= 15 is 0 Å². The van der Waals surface area contributed by atoms with E-state index in [1.54, 1.807) is 25.3 Å². The van der Waals surface area contributed by atoms with E-state index in [4.69, 9.17) is 33.7 Å². The fourth-order valence-electron chi connectivity index (χ4n) is 2.06. The molecule has 0 aliphatic rings. The molecule has 0 aliphatic carbocycles. The first-order valence-electron chi connectivity index (χ1n) is 6.10. The molecule has 2 aromatic carbocycles. The van der Waals surface area contributed by atoms with Gasteiger partial charge in [-0.3, -0.25) is 0 Å². The van der Waals surface area contributed by atoms with E-state index in [-0.39, 0.29) is 0 Å². The van der Waals surface area contributed by atoms with Gasteiger partial charge in [-0.1, -0.05) is 23.2 Å². The summed E-state index contributed by atoms with van der Waals surface area (Å²) in [6, 6.07) is 11.0. The largest absolute Gasteiger partial charge is 0.496 e. The third-order valence-electron chi connectivity index (χ3n) is 3.05. The standard InChI is InChI=1S/C15H16Cl2N2O/c1-19(14-8-12(17)3-5-13(14)18)9-10-7-11(16)4-6-15(10)20-2/h3-8H,9,18H2,1-2H3. The highest BCUT2D eigenvalue weighted by Crippen LogP contribution is 2.30. The summed E-state index contributed by atoms with van der Waals surface area (Å²) >= 11 is 12.1. The molecule has 0 amide bonds. The molecule has 2 N–H and O–H groups in total. The van der Waals surface area contributed by atoms with Crippen molar-refractivity contribution < 1.29 is 4.74 Å². The summed E-state index contributed by atoms with van der Waals surface area (Å²) in [5.74, 6) is 0.793. The highest BCUT2D eigenvalue weighted by molar-refractivity contribution is 6.31. The molecule has 0 aromatic heterocycles. The molecule has 0 atom stereocenters. The van der Waals surface area contributed by atoms with Gasteiger partial charge in [0.1, 0.15) is 5.75 Å². The number of benzene rings is 2. The monoisotopic (exact) mass is 310 g/mol. The maximum Gasteiger partial charge on any atom is 0.123 e. The van der Waals surface area contributed by atoms with Gasteiger partial charge in [-0.05, 0) is 36.4 Å². The van der Waals surface area contributed by atoms with Crippen LogP contribution < -0.4 is 15.4 Å². The first-order chi connectivity index (χ1) is 9.51. The van der Waals surface area contributed by atoms with Gasteiger partial charge in [0.15, 0.2) is 0 Å². The van der Waals surface area contributed by atoms with E-state index in [0.717, 1.165) is 17.0 Å². The summed E-state index contributed by atoms with van der Waals surface area (Å²) in [5.41, 5.74) is 8.53. The third-order valence-corrected chi connectivity index (χ3v) is 3.52. The summed E-state index contributed by atoms with van der Waals surface area (Å²) in [6.45, 7) is 0.619. The molecule has 3 nitrogen and oxygen atoms in total. The van der Waals surface area contributed by atoms with Gasteiger partial charge in [0.05, 0.1) is 18.5 Å². The number of halogens is 2. The Bertz CT molecular complexity index is 617. The number of ether oxygens (including phenoxy) is 1. The lowest BCUT2D eigenvalue weighted by Gasteiger charge is -2.22. The topological polar surface area (TPSA) is 38.5 Å². The van der Waals surface area contributed by atoms with E-state index in [1.165, 1.54) is 0 Å². The van der Waals surface area contributed by atoms with Crippen LogP contribution in [0, 0.1) is 0 Å². The molecule has 2 aromatic rings. The van der Waals surface area contributed by atoms with Crippen LogP contribution in [0.3, 0.4) is 0 Å². The number of hydrogen-bond acceptors (Lipinski definition) is 3. The molecule has 0 spiro atoms. The summed E-state index contributed by atoms with van der Waals surface area (Å²) in [7, 11) is 3.59. The van der Waals surface area contributed by atoms with E-state index < -0.39 is 0 Å². The fourth-order valence-corrected chi connectivity index (χ4v) is 2.42. The summed E-state index contributed by atoms with van der Waals surface area (Å²) in [6.07, 6.45) is 0. The van der Waals surface area contributed by atoms with Crippen LogP contribution in [0.2, 0.25) is 10.0 Å². The van der Waals surface area contributed by atoms with Gasteiger partial charge in [0, 0.05) is 29.2 Å². The van der Waals surface area contributed by atoms with Crippen molar-refractivity contribution in [1.82, 2.24) is 0 Å². The Labute approximate surface area is 128 Å². The molecule has 0 aliphatic heterocycles. The zero-order valence-electron chi connectivity index (χ0n) is 11.4. The zero-order valence-corrected chi connectivity index (χ0v) is 12.9. The Morgan fingerprint density at radius 2 is 1.75 bits per heavy atom. The molecule has 0 fully saturated rings. The Hall–Kier alpha value is -1.58. The molecule has 106 valence electrons. The molecule has 0 saturated carbocycles. The van der Waals surface area contributed by atoms with E-state index in [1.807, 2.05) is 30.1 Å². The quantitative estimate of drug-likeness (QED) is 0.859. The average molecular weight is 311 g/mol. The molecular formula is C15H16Cl2N2O. The lowest BCUT2D eigenvalue weighted by Crippen LogP contribution is -2.18. The molecular weight excluding hydrogens is 295 g/mol. The first-order valence-corrected chi connectivity index (χ1v) is 6.85. The van der Waals surface area contributed by atoms with Crippen molar-refractivity contribution in [2.24, 2.45) is 0 Å². The zero-order chi connectivity index (χ0) is 14.7. The highest BCUT2D eigenvalue weighted by atomic mass is 35.5. The van der Waals surface area contributed by atoms with Gasteiger partial charge in [-0.2, -0.15) is 0 Å². The van der Waals surface area contributed by atoms with Crippen molar-refractivity contribution in [2.75, 3.05) is 24.8 Å². The van der Waals surface area contributed by atoms with Crippen LogP contribution in [-0.4, -0.2) is 14.2 Å². The molecule has 20 heavy (non-hydrogen) atoms. The second-order valence-electron chi connectivity index (χ2n) is 4.52. The maximum absolute atomic E-state index is 6.04. The predicted molar refractivity (Wildman–Crippen MR) is 86.0 cm³/mol. The van der Waals surface area contributed by atoms with Crippen LogP contribution in [0.15, 0.2) is 36.4 Å². The van der Waals surface area contributed by atoms with Crippen LogP contribution in [-0.2, 0) is 6.54 Å². The van der Waals surface area contributed by atoms with Crippen molar-refractivity contribution in [3.8, 4) is 5.75 Å². The summed E-state index contributed by atoms with van der Waals surface area (Å²) < 4.78 is 5.35. The van der Waals surface area contributed by atoms with Gasteiger partial charge in [-0.25, -0.2) is 0 Å². The van der Waals surface area contributed by atoms with Crippen molar-refractivity contribution in [2.45, 2.75) is 6.54 Å². The molecule has 0 saturated heterocycles. The van der Waals surface area contributed by atoms with E-state index in [9.17, 15) is 0 Å². The Morgan fingerprint density at radius 1 is 1.10 bits per heavy atom. The minimum absolute atomic E-state index is 0.619. The van der Waals surface area contributed by atoms with Crippen LogP contribution in [0.4, 0.5) is 11.4 Å². The maximum atomic E-state index is 6.04. The van der Waals surface area contributed by atoms with Crippen molar-refractivity contribution in [1.29, 1.82) is 0 Å². The van der Waals surface area contributed by atoms with Gasteiger partial charge in [-0.15, -0.1) is 0 Å². The number of anilines is 2. The minimum Gasteiger partial charge on any atom is -0.496 e. The van der Waals surface area contributed by atoms with Crippen LogP contribution in [0.5, 0.6) is 5.75 Å². The smallest absolute Gasteiger partial charge is 0.123 e. The third kappa shape index (κ3) is 3.30. The first kappa shape index (κ1) is 14.8. The molecule has 2 rings (SSSR count). The fraction of sp³-hybridized carbons (Fsp3) is 0.200. The SMILES string of the molecule is COc1ccc(Cl)cc1CN(C)c1cc(Cl)ccc1N. The van der Waals surface area contributed by atoms with Crippen LogP contribution >= 0.6 is 23.2 Å². The molecule has 0 heterocycles. The van der Waals surface area contributed by atoms with Crippen LogP contribution in [0.1, 0.15) is 5.56 Å². The van der Waals surface area contributed by atoms with Crippen LogP contribution in [0.25, 0.3) is 0 Å². The number of nitrogens with two attached hydrogens (primary N) is 1. The van der Waals surface area contributed by atoms with E-state index in [2.05, 4.69) is 0 Å². The lowest BCUT2D eigenvalue weighted by molar-refractivity contribution is 0.409. The number of nitrogen functional groups attached to an aromatic ring is 1.